The van der Waals surface area contributed by atoms with Gasteiger partial charge in [0.1, 0.15) is 6.54 Å². The van der Waals surface area contributed by atoms with E-state index in [1.807, 2.05) is 48.1 Å². The number of amides is 2. The Morgan fingerprint density at radius 1 is 1.00 bits per heavy atom. The van der Waals surface area contributed by atoms with Gasteiger partial charge in [0.25, 0.3) is 5.91 Å². The highest BCUT2D eigenvalue weighted by Crippen LogP contribution is 2.18. The van der Waals surface area contributed by atoms with Gasteiger partial charge in [-0.2, -0.15) is 0 Å². The minimum atomic E-state index is -0.183. The average molecular weight is 480 g/mol. The summed E-state index contributed by atoms with van der Waals surface area (Å²) in [5, 5.41) is 0. The van der Waals surface area contributed by atoms with Gasteiger partial charge < -0.3 is 23.8 Å². The summed E-state index contributed by atoms with van der Waals surface area (Å²) >= 11 is 3.44. The van der Waals surface area contributed by atoms with Crippen LogP contribution in [0.4, 0.5) is 0 Å². The number of hydrogen-bond acceptors (Lipinski definition) is 4. The average Bonchev–Trinajstić information content (AvgIpc) is 3.14. The molecule has 30 heavy (non-hydrogen) atoms. The van der Waals surface area contributed by atoms with Crippen molar-refractivity contribution >= 4 is 27.7 Å². The largest absolute Gasteiger partial charge is 0.385 e. The Labute approximate surface area is 186 Å². The predicted molar refractivity (Wildman–Crippen MR) is 119 cm³/mol. The molecule has 1 aromatic carbocycles. The Morgan fingerprint density at radius 2 is 1.73 bits per heavy atom. The zero-order valence-electron chi connectivity index (χ0n) is 17.8. The molecule has 0 N–H and O–H groups in total. The lowest BCUT2D eigenvalue weighted by Gasteiger charge is -2.28. The van der Waals surface area contributed by atoms with Gasteiger partial charge in [0.2, 0.25) is 5.91 Å². The lowest BCUT2D eigenvalue weighted by Crippen LogP contribution is -2.44. The molecule has 0 spiro atoms. The summed E-state index contributed by atoms with van der Waals surface area (Å²) in [5.41, 5.74) is 1.55. The van der Waals surface area contributed by atoms with Crippen LogP contribution in [0.1, 0.15) is 22.5 Å². The van der Waals surface area contributed by atoms with Crippen LogP contribution in [-0.2, 0) is 27.9 Å². The molecule has 2 amide bonds. The van der Waals surface area contributed by atoms with Gasteiger partial charge in [-0.05, 0) is 46.6 Å². The summed E-state index contributed by atoms with van der Waals surface area (Å²) in [6.45, 7) is 2.29. The smallest absolute Gasteiger partial charge is 0.255 e. The summed E-state index contributed by atoms with van der Waals surface area (Å²) < 4.78 is 13.0. The number of aromatic nitrogens is 1. The number of methoxy groups -OCH3 is 2. The number of nitrogens with zero attached hydrogens (tertiary/aromatic N) is 3. The van der Waals surface area contributed by atoms with E-state index in [9.17, 15) is 9.59 Å². The lowest BCUT2D eigenvalue weighted by molar-refractivity contribution is -0.133. The van der Waals surface area contributed by atoms with Crippen LogP contribution >= 0.6 is 15.9 Å². The molecule has 8 heteroatoms. The number of aryl methyl sites for hydroxylation is 1. The summed E-state index contributed by atoms with van der Waals surface area (Å²) in [6, 6.07) is 11.2. The summed E-state index contributed by atoms with van der Waals surface area (Å²) in [6.07, 6.45) is 2.59. The Morgan fingerprint density at radius 3 is 2.37 bits per heavy atom. The quantitative estimate of drug-likeness (QED) is 0.439. The first kappa shape index (κ1) is 24.1. The van der Waals surface area contributed by atoms with Crippen molar-refractivity contribution in [1.82, 2.24) is 14.4 Å². The van der Waals surface area contributed by atoms with Crippen LogP contribution in [0.2, 0.25) is 0 Å². The maximum Gasteiger partial charge on any atom is 0.255 e. The van der Waals surface area contributed by atoms with E-state index in [0.29, 0.717) is 49.3 Å². The van der Waals surface area contributed by atoms with Crippen LogP contribution in [0, 0.1) is 0 Å². The van der Waals surface area contributed by atoms with Gasteiger partial charge in [-0.1, -0.05) is 12.1 Å². The fourth-order valence-electron chi connectivity index (χ4n) is 3.07. The Hall–Kier alpha value is -2.16. The number of hydrogen-bond donors (Lipinski definition) is 0. The van der Waals surface area contributed by atoms with Gasteiger partial charge in [0, 0.05) is 57.3 Å². The summed E-state index contributed by atoms with van der Waals surface area (Å²) in [5.74, 6) is -0.302. The highest BCUT2D eigenvalue weighted by atomic mass is 79.9. The van der Waals surface area contributed by atoms with Crippen molar-refractivity contribution in [2.24, 2.45) is 7.05 Å². The van der Waals surface area contributed by atoms with E-state index in [0.717, 1.165) is 5.69 Å². The Balaban J connectivity index is 2.17. The molecule has 0 saturated heterocycles. The fraction of sp³-hybridized carbons (Fsp3) is 0.455. The topological polar surface area (TPSA) is 64.0 Å². The first-order chi connectivity index (χ1) is 14.5. The number of benzene rings is 1. The van der Waals surface area contributed by atoms with Crippen LogP contribution in [0.15, 0.2) is 47.1 Å². The number of rotatable bonds is 12. The van der Waals surface area contributed by atoms with Gasteiger partial charge in [-0.15, -0.1) is 0 Å². The van der Waals surface area contributed by atoms with Crippen LogP contribution in [0.3, 0.4) is 0 Å². The molecule has 0 aliphatic carbocycles. The molecule has 2 rings (SSSR count). The molecule has 0 radical (unpaired) electrons. The molecular weight excluding hydrogens is 450 g/mol. The molecule has 7 nitrogen and oxygen atoms in total. The Bertz CT molecular complexity index is 824. The molecule has 0 unspecified atom stereocenters. The van der Waals surface area contributed by atoms with E-state index in [-0.39, 0.29) is 18.4 Å². The molecule has 0 fully saturated rings. The molecular formula is C22H30BrN3O4. The van der Waals surface area contributed by atoms with Crippen molar-refractivity contribution in [3.8, 4) is 0 Å². The first-order valence-corrected chi connectivity index (χ1v) is 10.7. The van der Waals surface area contributed by atoms with Crippen molar-refractivity contribution in [3.63, 3.8) is 0 Å². The molecule has 0 saturated carbocycles. The maximum atomic E-state index is 13.2. The van der Waals surface area contributed by atoms with Crippen molar-refractivity contribution in [2.75, 3.05) is 47.1 Å². The number of ether oxygens (including phenoxy) is 2. The molecule has 0 atom stereocenters. The monoisotopic (exact) mass is 479 g/mol. The Kier molecular flexibility index (Phi) is 10.1. The first-order valence-electron chi connectivity index (χ1n) is 9.87. The van der Waals surface area contributed by atoms with E-state index >= 15 is 0 Å². The predicted octanol–water partition coefficient (Wildman–Crippen LogP) is 2.94. The van der Waals surface area contributed by atoms with Gasteiger partial charge in [0.05, 0.1) is 18.7 Å². The SMILES string of the molecule is COCCCN(CC(=O)N(CCOC)Cc1cccn1C)C(=O)c1ccccc1Br. The maximum absolute atomic E-state index is 13.2. The minimum absolute atomic E-state index is 0.00197. The third-order valence-corrected chi connectivity index (χ3v) is 5.51. The fourth-order valence-corrected chi connectivity index (χ4v) is 3.52. The van der Waals surface area contributed by atoms with Crippen molar-refractivity contribution in [3.05, 3.63) is 58.3 Å². The second-order valence-electron chi connectivity index (χ2n) is 6.97. The van der Waals surface area contributed by atoms with Crippen LogP contribution in [-0.4, -0.2) is 73.2 Å². The normalized spacial score (nSPS) is 10.8. The second kappa shape index (κ2) is 12.5. The lowest BCUT2D eigenvalue weighted by atomic mass is 10.2. The second-order valence-corrected chi connectivity index (χ2v) is 7.83. The highest BCUT2D eigenvalue weighted by molar-refractivity contribution is 9.10. The van der Waals surface area contributed by atoms with Crippen LogP contribution in [0.25, 0.3) is 0 Å². The highest BCUT2D eigenvalue weighted by Gasteiger charge is 2.24. The molecule has 2 aromatic rings. The van der Waals surface area contributed by atoms with Gasteiger partial charge in [-0.3, -0.25) is 9.59 Å². The minimum Gasteiger partial charge on any atom is -0.385 e. The molecule has 1 aromatic heterocycles. The van der Waals surface area contributed by atoms with Gasteiger partial charge in [-0.25, -0.2) is 0 Å². The summed E-state index contributed by atoms with van der Waals surface area (Å²) in [7, 11) is 5.18. The van der Waals surface area contributed by atoms with Crippen LogP contribution < -0.4 is 0 Å². The van der Waals surface area contributed by atoms with E-state index in [1.165, 1.54) is 0 Å². The zero-order valence-corrected chi connectivity index (χ0v) is 19.4. The number of carbonyl (C=O) groups excluding carboxylic acids is 2. The molecule has 1 heterocycles. The van der Waals surface area contributed by atoms with E-state index < -0.39 is 0 Å². The van der Waals surface area contributed by atoms with E-state index in [1.54, 1.807) is 30.1 Å². The van der Waals surface area contributed by atoms with Crippen molar-refractivity contribution in [2.45, 2.75) is 13.0 Å². The van der Waals surface area contributed by atoms with Crippen LogP contribution in [0.5, 0.6) is 0 Å². The summed E-state index contributed by atoms with van der Waals surface area (Å²) in [4.78, 5) is 29.7. The number of halogens is 1. The van der Waals surface area contributed by atoms with Crippen molar-refractivity contribution in [1.29, 1.82) is 0 Å². The standard InChI is InChI=1S/C22H30BrN3O4/c1-24-11-6-8-18(24)16-25(13-15-30-3)21(27)17-26(12-7-14-29-2)22(28)19-9-4-5-10-20(19)23/h4-6,8-11H,7,12-17H2,1-3H3. The van der Waals surface area contributed by atoms with E-state index in [2.05, 4.69) is 15.9 Å². The number of carbonyl (C=O) groups is 2. The molecule has 0 bridgehead atoms. The molecule has 0 aliphatic heterocycles. The van der Waals surface area contributed by atoms with E-state index in [4.69, 9.17) is 9.47 Å². The third kappa shape index (κ3) is 6.97. The molecule has 0 aliphatic rings. The van der Waals surface area contributed by atoms with Gasteiger partial charge >= 0.3 is 0 Å². The van der Waals surface area contributed by atoms with Gasteiger partial charge in [0.15, 0.2) is 0 Å². The third-order valence-electron chi connectivity index (χ3n) is 4.82. The zero-order chi connectivity index (χ0) is 21.9. The molecule has 164 valence electrons. The van der Waals surface area contributed by atoms with Crippen molar-refractivity contribution < 1.29 is 19.1 Å².